The molecule has 0 aliphatic carbocycles. The van der Waals surface area contributed by atoms with Gasteiger partial charge in [0.2, 0.25) is 0 Å². The lowest BCUT2D eigenvalue weighted by atomic mass is 10.3. The highest BCUT2D eigenvalue weighted by Crippen LogP contribution is 2.41. The smallest absolute Gasteiger partial charge is 0.298 e. The van der Waals surface area contributed by atoms with Crippen LogP contribution in [-0.4, -0.2) is 17.2 Å². The molecule has 0 saturated heterocycles. The van der Waals surface area contributed by atoms with Crippen LogP contribution in [0, 0.1) is 0 Å². The number of benzene rings is 1. The maximum absolute atomic E-state index is 10.7. The lowest BCUT2D eigenvalue weighted by Crippen LogP contribution is -2.56. The van der Waals surface area contributed by atoms with Crippen LogP contribution in [0.5, 0.6) is 0 Å². The van der Waals surface area contributed by atoms with E-state index in [2.05, 4.69) is 0 Å². The third-order valence-corrected chi connectivity index (χ3v) is 3.13. The lowest BCUT2D eigenvalue weighted by molar-refractivity contribution is -0.287. The molecule has 1 N–H and O–H groups in total. The molecular formula is C8H7NO3S. The van der Waals surface area contributed by atoms with Crippen LogP contribution in [0.1, 0.15) is 0 Å². The zero-order chi connectivity index (χ0) is 9.47. The molecule has 0 radical (unpaired) electrons. The van der Waals surface area contributed by atoms with E-state index in [1.807, 2.05) is 0 Å². The number of carbonyl (C=O) groups is 1. The first kappa shape index (κ1) is 8.55. The van der Waals surface area contributed by atoms with Gasteiger partial charge in [0.1, 0.15) is 0 Å². The Hall–Kier alpha value is -1.04. The van der Waals surface area contributed by atoms with Crippen molar-refractivity contribution >= 4 is 23.5 Å². The van der Waals surface area contributed by atoms with Crippen LogP contribution >= 0.6 is 11.8 Å². The Labute approximate surface area is 79.0 Å². The first-order chi connectivity index (χ1) is 6.14. The lowest BCUT2D eigenvalue weighted by Gasteiger charge is -2.22. The molecule has 0 fully saturated rings. The Bertz CT molecular complexity index is 368. The van der Waals surface area contributed by atoms with Crippen molar-refractivity contribution < 1.29 is 15.1 Å². The molecule has 0 saturated carbocycles. The molecule has 1 heterocycles. The zero-order valence-electron chi connectivity index (χ0n) is 6.64. The third kappa shape index (κ3) is 1.13. The number of carbonyl (C=O) groups excluding carboxylic acids is 1. The van der Waals surface area contributed by atoms with Crippen molar-refractivity contribution in [1.29, 1.82) is 0 Å². The molecule has 0 bridgehead atoms. The molecule has 1 aliphatic heterocycles. The highest BCUT2D eigenvalue weighted by molar-refractivity contribution is 7.99. The van der Waals surface area contributed by atoms with Crippen molar-refractivity contribution in [1.82, 2.24) is 4.65 Å². The predicted molar refractivity (Wildman–Crippen MR) is 46.1 cm³/mol. The van der Waals surface area contributed by atoms with Gasteiger partial charge in [0.05, 0.1) is 4.90 Å². The topological polar surface area (TPSA) is 60.4 Å². The van der Waals surface area contributed by atoms with Crippen LogP contribution in [0.25, 0.3) is 0 Å². The molecule has 5 heteroatoms. The third-order valence-electron chi connectivity index (χ3n) is 1.97. The van der Waals surface area contributed by atoms with E-state index in [1.165, 1.54) is 11.8 Å². The van der Waals surface area contributed by atoms with Crippen molar-refractivity contribution in [2.45, 2.75) is 4.90 Å². The highest BCUT2D eigenvalue weighted by atomic mass is 32.2. The van der Waals surface area contributed by atoms with Crippen molar-refractivity contribution in [2.75, 3.05) is 5.88 Å². The molecule has 1 aromatic carbocycles. The van der Waals surface area contributed by atoms with Gasteiger partial charge in [-0.3, -0.25) is 0 Å². The van der Waals surface area contributed by atoms with Gasteiger partial charge >= 0.3 is 0 Å². The maximum atomic E-state index is 10.7. The zero-order valence-corrected chi connectivity index (χ0v) is 7.45. The quantitative estimate of drug-likeness (QED) is 0.493. The molecule has 1 amide bonds. The predicted octanol–water partition coefficient (Wildman–Crippen LogP) is 0.790. The van der Waals surface area contributed by atoms with Gasteiger partial charge in [-0.1, -0.05) is 28.5 Å². The number of fused-ring (bicyclic) bond motifs is 1. The van der Waals surface area contributed by atoms with Crippen LogP contribution < -0.4 is 9.75 Å². The van der Waals surface area contributed by atoms with Gasteiger partial charge in [-0.15, -0.1) is 0 Å². The van der Waals surface area contributed by atoms with Gasteiger partial charge in [0, 0.05) is 6.07 Å². The molecule has 4 nitrogen and oxygen atoms in total. The summed E-state index contributed by atoms with van der Waals surface area (Å²) < 4.78 is -1.12. The number of amides is 1. The fourth-order valence-electron chi connectivity index (χ4n) is 1.27. The van der Waals surface area contributed by atoms with Crippen molar-refractivity contribution in [3.05, 3.63) is 24.3 Å². The van der Waals surface area contributed by atoms with Crippen molar-refractivity contribution in [3.8, 4) is 0 Å². The SMILES string of the molecule is O=C([O-])[N+]1(O)CSc2ccccc21. The molecule has 1 atom stereocenters. The summed E-state index contributed by atoms with van der Waals surface area (Å²) in [6.07, 6.45) is -1.49. The molecular weight excluding hydrogens is 190 g/mol. The van der Waals surface area contributed by atoms with Gasteiger partial charge in [-0.2, -0.15) is 0 Å². The number of carboxylic acid groups (broad SMARTS) is 1. The molecule has 13 heavy (non-hydrogen) atoms. The minimum atomic E-state index is -1.49. The maximum Gasteiger partial charge on any atom is 0.298 e. The minimum Gasteiger partial charge on any atom is -0.496 e. The van der Waals surface area contributed by atoms with Gasteiger partial charge < -0.3 is 9.90 Å². The summed E-state index contributed by atoms with van der Waals surface area (Å²) in [4.78, 5) is 11.5. The second-order valence-electron chi connectivity index (χ2n) is 2.78. The second kappa shape index (κ2) is 2.73. The number of hydrogen-bond donors (Lipinski definition) is 1. The summed E-state index contributed by atoms with van der Waals surface area (Å²) in [7, 11) is 0. The van der Waals surface area contributed by atoms with Gasteiger partial charge in [0.25, 0.3) is 6.09 Å². The monoisotopic (exact) mass is 197 g/mol. The Kier molecular flexibility index (Phi) is 1.80. The van der Waals surface area contributed by atoms with E-state index in [0.29, 0.717) is 5.69 Å². The van der Waals surface area contributed by atoms with E-state index in [1.54, 1.807) is 24.3 Å². The Morgan fingerprint density at radius 2 is 2.23 bits per heavy atom. The number of thioether (sulfide) groups is 1. The van der Waals surface area contributed by atoms with Crippen LogP contribution in [0.2, 0.25) is 0 Å². The van der Waals surface area contributed by atoms with Gasteiger partial charge in [-0.25, -0.2) is 5.21 Å². The van der Waals surface area contributed by atoms with Crippen LogP contribution in [0.4, 0.5) is 10.5 Å². The fourth-order valence-corrected chi connectivity index (χ4v) is 2.38. The largest absolute Gasteiger partial charge is 0.496 e. The number of rotatable bonds is 0. The number of hydrogen-bond acceptors (Lipinski definition) is 4. The van der Waals surface area contributed by atoms with Crippen molar-refractivity contribution in [2.24, 2.45) is 0 Å². The van der Waals surface area contributed by atoms with E-state index in [9.17, 15) is 15.1 Å². The minimum absolute atomic E-state index is 0.0711. The molecule has 1 unspecified atom stereocenters. The summed E-state index contributed by atoms with van der Waals surface area (Å²) in [6, 6.07) is 6.86. The summed E-state index contributed by atoms with van der Waals surface area (Å²) in [5.74, 6) is 0.0711. The second-order valence-corrected chi connectivity index (χ2v) is 3.76. The number of nitrogens with zero attached hydrogens (tertiary/aromatic N) is 1. The van der Waals surface area contributed by atoms with E-state index < -0.39 is 10.7 Å². The van der Waals surface area contributed by atoms with E-state index in [-0.39, 0.29) is 5.88 Å². The number of hydroxylamine groups is 2. The van der Waals surface area contributed by atoms with Crippen LogP contribution in [0.15, 0.2) is 29.2 Å². The van der Waals surface area contributed by atoms with E-state index in [4.69, 9.17) is 0 Å². The molecule has 1 aliphatic rings. The van der Waals surface area contributed by atoms with Crippen molar-refractivity contribution in [3.63, 3.8) is 0 Å². The molecule has 2 rings (SSSR count). The first-order valence-electron chi connectivity index (χ1n) is 3.69. The number of para-hydroxylation sites is 1. The normalized spacial score (nSPS) is 25.6. The summed E-state index contributed by atoms with van der Waals surface area (Å²) in [6.45, 7) is 0. The Morgan fingerprint density at radius 3 is 2.92 bits per heavy atom. The van der Waals surface area contributed by atoms with Crippen LogP contribution in [-0.2, 0) is 0 Å². The summed E-state index contributed by atoms with van der Waals surface area (Å²) in [5, 5.41) is 20.4. The Balaban J connectivity index is 2.55. The average Bonchev–Trinajstić information content (AvgIpc) is 2.47. The number of quaternary nitrogens is 1. The van der Waals surface area contributed by atoms with Gasteiger partial charge in [-0.05, 0) is 6.07 Å². The van der Waals surface area contributed by atoms with E-state index >= 15 is 0 Å². The standard InChI is InChI=1S/C8H7NO3S/c10-8(11)9(12)5-13-7-4-2-1-3-6(7)9/h1-4,12H,5H2. The first-order valence-corrected chi connectivity index (χ1v) is 4.68. The van der Waals surface area contributed by atoms with E-state index in [0.717, 1.165) is 4.90 Å². The summed E-state index contributed by atoms with van der Waals surface area (Å²) >= 11 is 1.30. The molecule has 0 spiro atoms. The highest BCUT2D eigenvalue weighted by Gasteiger charge is 2.40. The summed E-state index contributed by atoms with van der Waals surface area (Å²) in [5.41, 5.74) is 0.382. The molecule has 1 aromatic rings. The Morgan fingerprint density at radius 1 is 1.54 bits per heavy atom. The van der Waals surface area contributed by atoms with Gasteiger partial charge in [0.15, 0.2) is 11.6 Å². The average molecular weight is 197 g/mol. The molecule has 0 aromatic heterocycles. The molecule has 68 valence electrons. The fraction of sp³-hybridized carbons (Fsp3) is 0.125. The van der Waals surface area contributed by atoms with Crippen LogP contribution in [0.3, 0.4) is 0 Å².